The Morgan fingerprint density at radius 3 is 2.33 bits per heavy atom. The molecule has 2 heteroatoms. The van der Waals surface area contributed by atoms with Gasteiger partial charge in [0.15, 0.2) is 0 Å². The van der Waals surface area contributed by atoms with E-state index in [1.165, 1.54) is 42.5 Å². The van der Waals surface area contributed by atoms with Crippen LogP contribution in [0, 0.1) is 6.92 Å². The molecule has 0 saturated heterocycles. The third kappa shape index (κ3) is 3.59. The van der Waals surface area contributed by atoms with Gasteiger partial charge >= 0.3 is 0 Å². The third-order valence-electron chi connectivity index (χ3n) is 4.55. The molecule has 0 amide bonds. The molecule has 0 heterocycles. The first-order chi connectivity index (χ1) is 10.2. The monoisotopic (exact) mass is 299 g/mol. The molecule has 110 valence electrons. The standard InChI is InChI=1S/C19H22ClN/c1-14-13-17(20)9-12-19(14)21-18-10-7-16(8-11-18)15-5-3-2-4-6-15/h2-6,9,12-13,16,18,21H,7-8,10-11H2,1H3. The highest BCUT2D eigenvalue weighted by molar-refractivity contribution is 6.30. The second kappa shape index (κ2) is 6.53. The maximum Gasteiger partial charge on any atom is 0.0410 e. The molecule has 3 rings (SSSR count). The quantitative estimate of drug-likeness (QED) is 0.756. The Bertz CT molecular complexity index is 586. The van der Waals surface area contributed by atoms with Crippen molar-refractivity contribution in [1.29, 1.82) is 0 Å². The van der Waals surface area contributed by atoms with E-state index in [4.69, 9.17) is 11.6 Å². The molecule has 2 aromatic carbocycles. The molecule has 1 fully saturated rings. The van der Waals surface area contributed by atoms with Crippen molar-refractivity contribution >= 4 is 17.3 Å². The van der Waals surface area contributed by atoms with Crippen molar-refractivity contribution < 1.29 is 0 Å². The summed E-state index contributed by atoms with van der Waals surface area (Å²) < 4.78 is 0. The summed E-state index contributed by atoms with van der Waals surface area (Å²) >= 11 is 6.02. The number of hydrogen-bond donors (Lipinski definition) is 1. The van der Waals surface area contributed by atoms with Crippen molar-refractivity contribution in [1.82, 2.24) is 0 Å². The van der Waals surface area contributed by atoms with Crippen molar-refractivity contribution in [2.75, 3.05) is 5.32 Å². The van der Waals surface area contributed by atoms with Gasteiger partial charge in [0, 0.05) is 16.8 Å². The Labute approximate surface area is 132 Å². The van der Waals surface area contributed by atoms with Crippen LogP contribution in [0.4, 0.5) is 5.69 Å². The summed E-state index contributed by atoms with van der Waals surface area (Å²) in [6.07, 6.45) is 5.02. The van der Waals surface area contributed by atoms with Crippen LogP contribution in [0.15, 0.2) is 48.5 Å². The second-order valence-corrected chi connectivity index (χ2v) is 6.50. The molecule has 2 aromatic rings. The molecule has 1 nitrogen and oxygen atoms in total. The minimum absolute atomic E-state index is 0.588. The van der Waals surface area contributed by atoms with Crippen LogP contribution in [-0.2, 0) is 0 Å². The molecule has 0 radical (unpaired) electrons. The van der Waals surface area contributed by atoms with Gasteiger partial charge in [-0.25, -0.2) is 0 Å². The van der Waals surface area contributed by atoms with E-state index < -0.39 is 0 Å². The first-order valence-corrected chi connectivity index (χ1v) is 8.18. The smallest absolute Gasteiger partial charge is 0.0410 e. The molecule has 0 aliphatic heterocycles. The number of hydrogen-bond acceptors (Lipinski definition) is 1. The van der Waals surface area contributed by atoms with Crippen LogP contribution in [0.25, 0.3) is 0 Å². The van der Waals surface area contributed by atoms with E-state index in [1.807, 2.05) is 12.1 Å². The normalized spacial score (nSPS) is 22.0. The highest BCUT2D eigenvalue weighted by Crippen LogP contribution is 2.34. The summed E-state index contributed by atoms with van der Waals surface area (Å²) in [5, 5.41) is 4.50. The minimum atomic E-state index is 0.588. The van der Waals surface area contributed by atoms with Gasteiger partial charge in [-0.3, -0.25) is 0 Å². The predicted molar refractivity (Wildman–Crippen MR) is 91.3 cm³/mol. The van der Waals surface area contributed by atoms with Gasteiger partial charge in [0.2, 0.25) is 0 Å². The van der Waals surface area contributed by atoms with Crippen LogP contribution in [-0.4, -0.2) is 6.04 Å². The van der Waals surface area contributed by atoms with Gasteiger partial charge in [-0.2, -0.15) is 0 Å². The Kier molecular flexibility index (Phi) is 4.50. The number of halogens is 1. The van der Waals surface area contributed by atoms with Gasteiger partial charge in [-0.15, -0.1) is 0 Å². The molecule has 0 bridgehead atoms. The molecule has 0 aromatic heterocycles. The number of aryl methyl sites for hydroxylation is 1. The van der Waals surface area contributed by atoms with Gasteiger partial charge in [-0.1, -0.05) is 41.9 Å². The van der Waals surface area contributed by atoms with E-state index in [1.54, 1.807) is 0 Å². The highest BCUT2D eigenvalue weighted by Gasteiger charge is 2.22. The Morgan fingerprint density at radius 1 is 0.952 bits per heavy atom. The predicted octanol–water partition coefficient (Wildman–Crippen LogP) is 5.79. The van der Waals surface area contributed by atoms with E-state index in [2.05, 4.69) is 48.6 Å². The Morgan fingerprint density at radius 2 is 1.67 bits per heavy atom. The first-order valence-electron chi connectivity index (χ1n) is 7.80. The van der Waals surface area contributed by atoms with Gasteiger partial charge in [0.05, 0.1) is 0 Å². The highest BCUT2D eigenvalue weighted by atomic mass is 35.5. The molecule has 21 heavy (non-hydrogen) atoms. The Hall–Kier alpha value is -1.47. The fraction of sp³-hybridized carbons (Fsp3) is 0.368. The Balaban J connectivity index is 1.59. The van der Waals surface area contributed by atoms with E-state index in [9.17, 15) is 0 Å². The molecule has 1 aliphatic carbocycles. The summed E-state index contributed by atoms with van der Waals surface area (Å²) in [6, 6.07) is 17.6. The molecule has 1 aliphatic rings. The maximum absolute atomic E-state index is 6.02. The lowest BCUT2D eigenvalue weighted by Crippen LogP contribution is -2.25. The minimum Gasteiger partial charge on any atom is -0.382 e. The van der Waals surface area contributed by atoms with Gasteiger partial charge < -0.3 is 5.32 Å². The number of benzene rings is 2. The van der Waals surface area contributed by atoms with Crippen LogP contribution >= 0.6 is 11.6 Å². The van der Waals surface area contributed by atoms with Crippen LogP contribution in [0.1, 0.15) is 42.7 Å². The summed E-state index contributed by atoms with van der Waals surface area (Å²) in [6.45, 7) is 2.11. The molecule has 0 unspecified atom stereocenters. The number of nitrogens with one attached hydrogen (secondary N) is 1. The van der Waals surface area contributed by atoms with Crippen LogP contribution < -0.4 is 5.32 Å². The lowest BCUT2D eigenvalue weighted by Gasteiger charge is -2.30. The summed E-state index contributed by atoms with van der Waals surface area (Å²) in [5.41, 5.74) is 3.95. The summed E-state index contributed by atoms with van der Waals surface area (Å²) in [4.78, 5) is 0. The fourth-order valence-electron chi connectivity index (χ4n) is 3.31. The van der Waals surface area contributed by atoms with Crippen molar-refractivity contribution in [3.05, 3.63) is 64.7 Å². The van der Waals surface area contributed by atoms with E-state index in [0.717, 1.165) is 10.9 Å². The van der Waals surface area contributed by atoms with E-state index in [-0.39, 0.29) is 0 Å². The molecule has 0 spiro atoms. The van der Waals surface area contributed by atoms with Crippen molar-refractivity contribution in [2.24, 2.45) is 0 Å². The molecule has 1 N–H and O–H groups in total. The largest absolute Gasteiger partial charge is 0.382 e. The maximum atomic E-state index is 6.02. The third-order valence-corrected chi connectivity index (χ3v) is 4.78. The topological polar surface area (TPSA) is 12.0 Å². The second-order valence-electron chi connectivity index (χ2n) is 6.06. The molecular weight excluding hydrogens is 278 g/mol. The average molecular weight is 300 g/mol. The lowest BCUT2D eigenvalue weighted by atomic mass is 9.81. The SMILES string of the molecule is Cc1cc(Cl)ccc1NC1CCC(c2ccccc2)CC1. The van der Waals surface area contributed by atoms with E-state index >= 15 is 0 Å². The van der Waals surface area contributed by atoms with Crippen LogP contribution in [0.3, 0.4) is 0 Å². The van der Waals surface area contributed by atoms with Crippen LogP contribution in [0.2, 0.25) is 5.02 Å². The van der Waals surface area contributed by atoms with Crippen molar-refractivity contribution in [2.45, 2.75) is 44.6 Å². The fourth-order valence-corrected chi connectivity index (χ4v) is 3.53. The van der Waals surface area contributed by atoms with Gasteiger partial charge in [-0.05, 0) is 67.9 Å². The van der Waals surface area contributed by atoms with Crippen LogP contribution in [0.5, 0.6) is 0 Å². The lowest BCUT2D eigenvalue weighted by molar-refractivity contribution is 0.412. The number of rotatable bonds is 3. The van der Waals surface area contributed by atoms with Gasteiger partial charge in [0.1, 0.15) is 0 Å². The zero-order chi connectivity index (χ0) is 14.7. The molecule has 0 atom stereocenters. The zero-order valence-corrected chi connectivity index (χ0v) is 13.2. The number of anilines is 1. The average Bonchev–Trinajstić information content (AvgIpc) is 2.52. The zero-order valence-electron chi connectivity index (χ0n) is 12.5. The molecular formula is C19H22ClN. The summed E-state index contributed by atoms with van der Waals surface area (Å²) in [5.74, 6) is 0.732. The van der Waals surface area contributed by atoms with Gasteiger partial charge in [0.25, 0.3) is 0 Å². The van der Waals surface area contributed by atoms with Crippen molar-refractivity contribution in [3.63, 3.8) is 0 Å². The first kappa shape index (κ1) is 14.5. The summed E-state index contributed by atoms with van der Waals surface area (Å²) in [7, 11) is 0. The van der Waals surface area contributed by atoms with Crippen molar-refractivity contribution in [3.8, 4) is 0 Å². The molecule has 1 saturated carbocycles. The van der Waals surface area contributed by atoms with E-state index in [0.29, 0.717) is 6.04 Å².